The van der Waals surface area contributed by atoms with Crippen LogP contribution in [0.25, 0.3) is 0 Å². The van der Waals surface area contributed by atoms with Crippen LogP contribution in [0.4, 0.5) is 4.39 Å². The number of aryl methyl sites for hydroxylation is 2. The molecular weight excluding hydrogens is 391 g/mol. The fourth-order valence-electron chi connectivity index (χ4n) is 2.10. The number of nitrogens with two attached hydrogens (primary N) is 1. The fourth-order valence-corrected chi connectivity index (χ4v) is 2.99. The van der Waals surface area contributed by atoms with Crippen LogP contribution in [0.15, 0.2) is 27.1 Å². The summed E-state index contributed by atoms with van der Waals surface area (Å²) in [7, 11) is 1.89. The van der Waals surface area contributed by atoms with Crippen molar-refractivity contribution >= 4 is 31.9 Å². The average Bonchev–Trinajstić information content (AvgIpc) is 2.65. The van der Waals surface area contributed by atoms with Gasteiger partial charge in [0.2, 0.25) is 0 Å². The third-order valence-corrected chi connectivity index (χ3v) is 4.85. The lowest BCUT2D eigenvalue weighted by atomic mass is 10.0. The Balaban J connectivity index is 2.31. The molecule has 0 bridgehead atoms. The van der Waals surface area contributed by atoms with Gasteiger partial charge in [-0.25, -0.2) is 4.39 Å². The van der Waals surface area contributed by atoms with E-state index in [1.54, 1.807) is 12.1 Å². The number of halogens is 3. The van der Waals surface area contributed by atoms with Crippen molar-refractivity contribution in [2.45, 2.75) is 19.4 Å². The lowest BCUT2D eigenvalue weighted by molar-refractivity contribution is 0.526. The molecule has 1 atom stereocenters. The van der Waals surface area contributed by atoms with E-state index in [1.165, 1.54) is 6.07 Å². The van der Waals surface area contributed by atoms with Gasteiger partial charge in [0.15, 0.2) is 0 Å². The Labute approximate surface area is 133 Å². The molecule has 1 aromatic heterocycles. The molecule has 2 aromatic rings. The summed E-state index contributed by atoms with van der Waals surface area (Å²) in [5.74, 6) is 5.35. The van der Waals surface area contributed by atoms with Gasteiger partial charge in [0.05, 0.1) is 26.4 Å². The molecule has 20 heavy (non-hydrogen) atoms. The second kappa shape index (κ2) is 6.34. The van der Waals surface area contributed by atoms with E-state index >= 15 is 0 Å². The molecule has 0 spiro atoms. The average molecular weight is 406 g/mol. The van der Waals surface area contributed by atoms with Crippen molar-refractivity contribution in [1.82, 2.24) is 15.2 Å². The largest absolute Gasteiger partial charge is 0.271 e. The van der Waals surface area contributed by atoms with Gasteiger partial charge in [-0.15, -0.1) is 0 Å². The lowest BCUT2D eigenvalue weighted by Gasteiger charge is -2.17. The number of aromatic nitrogens is 2. The molecule has 2 rings (SSSR count). The predicted molar refractivity (Wildman–Crippen MR) is 83.5 cm³/mol. The third kappa shape index (κ3) is 3.11. The first-order valence-corrected chi connectivity index (χ1v) is 7.61. The second-order valence-electron chi connectivity index (χ2n) is 4.57. The summed E-state index contributed by atoms with van der Waals surface area (Å²) in [4.78, 5) is 0. The van der Waals surface area contributed by atoms with Crippen molar-refractivity contribution in [2.75, 3.05) is 0 Å². The molecule has 0 aliphatic rings. The molecule has 0 aliphatic carbocycles. The zero-order valence-electron chi connectivity index (χ0n) is 11.1. The molecule has 7 heteroatoms. The molecule has 0 amide bonds. The maximum Gasteiger partial charge on any atom is 0.137 e. The Morgan fingerprint density at radius 3 is 2.65 bits per heavy atom. The van der Waals surface area contributed by atoms with E-state index in [9.17, 15) is 4.39 Å². The number of rotatable bonds is 4. The number of hydrogen-bond donors (Lipinski definition) is 2. The highest BCUT2D eigenvalue weighted by Gasteiger charge is 2.18. The van der Waals surface area contributed by atoms with Crippen LogP contribution in [-0.2, 0) is 13.5 Å². The quantitative estimate of drug-likeness (QED) is 0.606. The number of nitrogens with one attached hydrogen (secondary N) is 1. The van der Waals surface area contributed by atoms with Crippen LogP contribution < -0.4 is 11.3 Å². The van der Waals surface area contributed by atoms with Crippen molar-refractivity contribution < 1.29 is 4.39 Å². The van der Waals surface area contributed by atoms with E-state index in [1.807, 2.05) is 18.7 Å². The first-order valence-electron chi connectivity index (χ1n) is 6.03. The van der Waals surface area contributed by atoms with Gasteiger partial charge >= 0.3 is 0 Å². The molecule has 4 nitrogen and oxygen atoms in total. The number of hydrogen-bond acceptors (Lipinski definition) is 3. The Hall–Kier alpha value is -0.760. The summed E-state index contributed by atoms with van der Waals surface area (Å²) in [5, 5.41) is 4.36. The molecule has 1 unspecified atom stereocenters. The summed E-state index contributed by atoms with van der Waals surface area (Å²) in [6, 6.07) is 4.75. The molecule has 1 heterocycles. The van der Waals surface area contributed by atoms with Crippen LogP contribution in [0.3, 0.4) is 0 Å². The Morgan fingerprint density at radius 1 is 1.45 bits per heavy atom. The van der Waals surface area contributed by atoms with Gasteiger partial charge in [0.1, 0.15) is 5.82 Å². The topological polar surface area (TPSA) is 55.9 Å². The lowest BCUT2D eigenvalue weighted by Crippen LogP contribution is -2.30. The molecule has 3 N–H and O–H groups in total. The molecule has 0 aliphatic heterocycles. The minimum atomic E-state index is -0.290. The maximum absolute atomic E-state index is 13.3. The van der Waals surface area contributed by atoms with Crippen molar-refractivity contribution in [2.24, 2.45) is 12.9 Å². The van der Waals surface area contributed by atoms with Gasteiger partial charge < -0.3 is 0 Å². The highest BCUT2D eigenvalue weighted by molar-refractivity contribution is 9.10. The monoisotopic (exact) mass is 404 g/mol. The maximum atomic E-state index is 13.3. The number of nitrogens with zero attached hydrogens (tertiary/aromatic N) is 2. The van der Waals surface area contributed by atoms with Crippen LogP contribution in [0.5, 0.6) is 0 Å². The van der Waals surface area contributed by atoms with Crippen molar-refractivity contribution in [1.29, 1.82) is 0 Å². The van der Waals surface area contributed by atoms with E-state index in [0.29, 0.717) is 10.9 Å². The summed E-state index contributed by atoms with van der Waals surface area (Å²) in [6.07, 6.45) is 0.645. The van der Waals surface area contributed by atoms with Gasteiger partial charge in [-0.05, 0) is 56.5 Å². The van der Waals surface area contributed by atoms with E-state index in [2.05, 4.69) is 42.4 Å². The SMILES string of the molecule is Cc1nn(C)c(CC(NN)c2ccc(F)c(Br)c2)c1Br. The standard InChI is InChI=1S/C13H15Br2FN4/c1-7-13(15)12(20(2)19-7)6-11(18-17)8-3-4-10(16)9(14)5-8/h3-5,11,18H,6,17H2,1-2H3. The predicted octanol–water partition coefficient (Wildman–Crippen LogP) is 3.14. The number of hydrazine groups is 1. The van der Waals surface area contributed by atoms with Crippen LogP contribution in [0.2, 0.25) is 0 Å². The Bertz CT molecular complexity index is 627. The van der Waals surface area contributed by atoms with Gasteiger partial charge in [-0.3, -0.25) is 16.0 Å². The van der Waals surface area contributed by atoms with Crippen LogP contribution >= 0.6 is 31.9 Å². The van der Waals surface area contributed by atoms with E-state index < -0.39 is 0 Å². The molecule has 0 radical (unpaired) electrons. The minimum absolute atomic E-state index is 0.127. The zero-order chi connectivity index (χ0) is 14.9. The third-order valence-electron chi connectivity index (χ3n) is 3.21. The summed E-state index contributed by atoms with van der Waals surface area (Å²) in [6.45, 7) is 1.94. The zero-order valence-corrected chi connectivity index (χ0v) is 14.3. The summed E-state index contributed by atoms with van der Waals surface area (Å²) < 4.78 is 16.5. The van der Waals surface area contributed by atoms with Crippen LogP contribution in [0.1, 0.15) is 23.0 Å². The summed E-state index contributed by atoms with van der Waals surface area (Å²) in [5.41, 5.74) is 5.64. The molecule has 0 saturated carbocycles. The highest BCUT2D eigenvalue weighted by Crippen LogP contribution is 2.27. The van der Waals surface area contributed by atoms with Gasteiger partial charge in [-0.2, -0.15) is 5.10 Å². The normalized spacial score (nSPS) is 12.7. The van der Waals surface area contributed by atoms with Crippen LogP contribution in [-0.4, -0.2) is 9.78 Å². The molecule has 108 valence electrons. The Morgan fingerprint density at radius 2 is 2.15 bits per heavy atom. The van der Waals surface area contributed by atoms with Gasteiger partial charge in [0, 0.05) is 13.5 Å². The van der Waals surface area contributed by atoms with Crippen molar-refractivity contribution in [3.63, 3.8) is 0 Å². The Kier molecular flexibility index (Phi) is 4.95. The fraction of sp³-hybridized carbons (Fsp3) is 0.308. The second-order valence-corrected chi connectivity index (χ2v) is 6.21. The van der Waals surface area contributed by atoms with Crippen molar-refractivity contribution in [3.05, 3.63) is 49.9 Å². The first kappa shape index (κ1) is 15.6. The summed E-state index contributed by atoms with van der Waals surface area (Å²) >= 11 is 6.73. The highest BCUT2D eigenvalue weighted by atomic mass is 79.9. The minimum Gasteiger partial charge on any atom is -0.271 e. The van der Waals surface area contributed by atoms with Crippen molar-refractivity contribution in [3.8, 4) is 0 Å². The van der Waals surface area contributed by atoms with Gasteiger partial charge in [0.25, 0.3) is 0 Å². The van der Waals surface area contributed by atoms with Crippen LogP contribution in [0, 0.1) is 12.7 Å². The van der Waals surface area contributed by atoms with E-state index in [4.69, 9.17) is 5.84 Å². The molecular formula is C13H15Br2FN4. The van der Waals surface area contributed by atoms with E-state index in [-0.39, 0.29) is 11.9 Å². The van der Waals surface area contributed by atoms with E-state index in [0.717, 1.165) is 21.4 Å². The molecule has 1 aromatic carbocycles. The first-order chi connectivity index (χ1) is 9.43. The number of benzene rings is 1. The molecule has 0 fully saturated rings. The van der Waals surface area contributed by atoms with Gasteiger partial charge in [-0.1, -0.05) is 6.07 Å². The molecule has 0 saturated heterocycles. The smallest absolute Gasteiger partial charge is 0.137 e.